The second kappa shape index (κ2) is 3.11. The number of guanidine groups is 1. The fourth-order valence-corrected chi connectivity index (χ4v) is 1.67. The van der Waals surface area contributed by atoms with E-state index < -0.39 is 0 Å². The maximum Gasteiger partial charge on any atom is 0.193 e. The van der Waals surface area contributed by atoms with Crippen LogP contribution in [0.4, 0.5) is 0 Å². The number of hydrogen-bond donors (Lipinski definition) is 1. The zero-order valence-corrected chi connectivity index (χ0v) is 6.84. The van der Waals surface area contributed by atoms with Crippen molar-refractivity contribution in [2.75, 3.05) is 26.2 Å². The molecule has 0 bridgehead atoms. The molecule has 2 aliphatic heterocycles. The van der Waals surface area contributed by atoms with E-state index in [1.165, 1.54) is 32.4 Å². The molecule has 0 atom stereocenters. The van der Waals surface area contributed by atoms with Crippen LogP contribution in [0.3, 0.4) is 0 Å². The minimum absolute atomic E-state index is 1.01. The van der Waals surface area contributed by atoms with Crippen LogP contribution in [0.25, 0.3) is 0 Å². The summed E-state index contributed by atoms with van der Waals surface area (Å²) in [4.78, 5) is 6.81. The normalized spacial score (nSPS) is 24.7. The van der Waals surface area contributed by atoms with Crippen molar-refractivity contribution in [3.63, 3.8) is 0 Å². The summed E-state index contributed by atoms with van der Waals surface area (Å²) in [6.45, 7) is 4.52. The van der Waals surface area contributed by atoms with Gasteiger partial charge in [-0.2, -0.15) is 0 Å². The van der Waals surface area contributed by atoms with Crippen molar-refractivity contribution in [3.05, 3.63) is 0 Å². The molecule has 2 rings (SSSR count). The Bertz CT molecular complexity index is 165. The molecular weight excluding hydrogens is 138 g/mol. The van der Waals surface area contributed by atoms with Crippen molar-refractivity contribution in [1.82, 2.24) is 10.2 Å². The molecule has 1 N–H and O–H groups in total. The first-order chi connectivity index (χ1) is 5.47. The minimum atomic E-state index is 1.01. The molecule has 0 radical (unpaired) electrons. The van der Waals surface area contributed by atoms with E-state index in [1.807, 2.05) is 0 Å². The van der Waals surface area contributed by atoms with Crippen LogP contribution in [-0.4, -0.2) is 37.0 Å². The van der Waals surface area contributed by atoms with Gasteiger partial charge >= 0.3 is 0 Å². The van der Waals surface area contributed by atoms with Gasteiger partial charge in [-0.3, -0.25) is 4.99 Å². The molecule has 0 aromatic heterocycles. The van der Waals surface area contributed by atoms with Gasteiger partial charge in [0, 0.05) is 26.2 Å². The van der Waals surface area contributed by atoms with Crippen LogP contribution in [0.1, 0.15) is 19.3 Å². The number of aliphatic imine (C=N–C) groups is 1. The van der Waals surface area contributed by atoms with Gasteiger partial charge in [-0.05, 0) is 19.3 Å². The third-order valence-corrected chi connectivity index (χ3v) is 2.29. The number of hydrogen-bond acceptors (Lipinski definition) is 3. The molecule has 11 heavy (non-hydrogen) atoms. The monoisotopic (exact) mass is 153 g/mol. The summed E-state index contributed by atoms with van der Waals surface area (Å²) in [6, 6.07) is 0. The predicted molar refractivity (Wildman–Crippen MR) is 45.7 cm³/mol. The highest BCUT2D eigenvalue weighted by molar-refractivity contribution is 5.80. The lowest BCUT2D eigenvalue weighted by atomic mass is 10.3. The van der Waals surface area contributed by atoms with Crippen LogP contribution in [0.2, 0.25) is 0 Å². The standard InChI is InChI=1S/C8H15N3/c1-2-6-11-7-3-5-10-8(11)9-4-1/h1-7H2,(H,9,10). The van der Waals surface area contributed by atoms with Crippen molar-refractivity contribution >= 4 is 5.96 Å². The van der Waals surface area contributed by atoms with Crippen molar-refractivity contribution < 1.29 is 0 Å². The van der Waals surface area contributed by atoms with Gasteiger partial charge in [0.2, 0.25) is 0 Å². The lowest BCUT2D eigenvalue weighted by Crippen LogP contribution is -2.43. The van der Waals surface area contributed by atoms with Crippen molar-refractivity contribution in [3.8, 4) is 0 Å². The third-order valence-electron chi connectivity index (χ3n) is 2.29. The Morgan fingerprint density at radius 2 is 2.09 bits per heavy atom. The van der Waals surface area contributed by atoms with Gasteiger partial charge in [0.1, 0.15) is 0 Å². The Labute approximate surface area is 67.5 Å². The summed E-state index contributed by atoms with van der Waals surface area (Å²) < 4.78 is 0. The van der Waals surface area contributed by atoms with E-state index >= 15 is 0 Å². The summed E-state index contributed by atoms with van der Waals surface area (Å²) in [6.07, 6.45) is 3.83. The largest absolute Gasteiger partial charge is 0.356 e. The number of rotatable bonds is 0. The molecule has 0 aromatic rings. The van der Waals surface area contributed by atoms with Gasteiger partial charge in [-0.1, -0.05) is 0 Å². The van der Waals surface area contributed by atoms with Crippen LogP contribution in [-0.2, 0) is 0 Å². The smallest absolute Gasteiger partial charge is 0.193 e. The van der Waals surface area contributed by atoms with Crippen LogP contribution < -0.4 is 5.32 Å². The topological polar surface area (TPSA) is 27.6 Å². The van der Waals surface area contributed by atoms with Gasteiger partial charge in [-0.15, -0.1) is 0 Å². The average Bonchev–Trinajstić information content (AvgIpc) is 2.28. The molecule has 2 heterocycles. The quantitative estimate of drug-likeness (QED) is 0.546. The summed E-state index contributed by atoms with van der Waals surface area (Å²) >= 11 is 0. The first-order valence-electron chi connectivity index (χ1n) is 4.50. The van der Waals surface area contributed by atoms with Gasteiger partial charge in [-0.25, -0.2) is 0 Å². The zero-order chi connectivity index (χ0) is 7.52. The number of fused-ring (bicyclic) bond motifs is 1. The van der Waals surface area contributed by atoms with Crippen LogP contribution in [0.5, 0.6) is 0 Å². The van der Waals surface area contributed by atoms with Crippen molar-refractivity contribution in [2.45, 2.75) is 19.3 Å². The molecular formula is C8H15N3. The maximum atomic E-state index is 4.44. The van der Waals surface area contributed by atoms with E-state index in [4.69, 9.17) is 0 Å². The Morgan fingerprint density at radius 1 is 1.18 bits per heavy atom. The Hall–Kier alpha value is -0.730. The van der Waals surface area contributed by atoms with E-state index in [0.717, 1.165) is 19.0 Å². The van der Waals surface area contributed by atoms with Gasteiger partial charge < -0.3 is 10.2 Å². The van der Waals surface area contributed by atoms with E-state index in [1.54, 1.807) is 0 Å². The molecule has 3 nitrogen and oxygen atoms in total. The van der Waals surface area contributed by atoms with Crippen LogP contribution in [0.15, 0.2) is 4.99 Å². The summed E-state index contributed by atoms with van der Waals surface area (Å²) in [5.74, 6) is 1.15. The van der Waals surface area contributed by atoms with E-state index in [2.05, 4.69) is 15.2 Å². The van der Waals surface area contributed by atoms with E-state index in [9.17, 15) is 0 Å². The molecule has 0 saturated carbocycles. The first-order valence-corrected chi connectivity index (χ1v) is 4.50. The Kier molecular flexibility index (Phi) is 1.97. The highest BCUT2D eigenvalue weighted by Gasteiger charge is 2.16. The first kappa shape index (κ1) is 6.95. The van der Waals surface area contributed by atoms with Crippen LogP contribution >= 0.6 is 0 Å². The highest BCUT2D eigenvalue weighted by atomic mass is 15.3. The molecule has 1 fully saturated rings. The molecule has 62 valence electrons. The molecule has 2 aliphatic rings. The van der Waals surface area contributed by atoms with Crippen molar-refractivity contribution in [1.29, 1.82) is 0 Å². The predicted octanol–water partition coefficient (Wildman–Crippen LogP) is 0.432. The molecule has 0 spiro atoms. The van der Waals surface area contributed by atoms with Gasteiger partial charge in [0.15, 0.2) is 5.96 Å². The molecule has 0 amide bonds. The van der Waals surface area contributed by atoms with E-state index in [0.29, 0.717) is 0 Å². The minimum Gasteiger partial charge on any atom is -0.356 e. The lowest BCUT2D eigenvalue weighted by molar-refractivity contribution is 0.388. The Balaban J connectivity index is 2.07. The lowest BCUT2D eigenvalue weighted by Gasteiger charge is -2.27. The van der Waals surface area contributed by atoms with E-state index in [-0.39, 0.29) is 0 Å². The fraction of sp³-hybridized carbons (Fsp3) is 0.875. The second-order valence-electron chi connectivity index (χ2n) is 3.18. The fourth-order valence-electron chi connectivity index (χ4n) is 1.67. The van der Waals surface area contributed by atoms with Gasteiger partial charge in [0.05, 0.1) is 0 Å². The van der Waals surface area contributed by atoms with Gasteiger partial charge in [0.25, 0.3) is 0 Å². The van der Waals surface area contributed by atoms with Crippen molar-refractivity contribution in [2.24, 2.45) is 4.99 Å². The average molecular weight is 153 g/mol. The van der Waals surface area contributed by atoms with Crippen LogP contribution in [0, 0.1) is 0 Å². The third kappa shape index (κ3) is 1.47. The highest BCUT2D eigenvalue weighted by Crippen LogP contribution is 2.06. The summed E-state index contributed by atoms with van der Waals surface area (Å²) in [5, 5.41) is 3.36. The summed E-state index contributed by atoms with van der Waals surface area (Å²) in [7, 11) is 0. The Morgan fingerprint density at radius 3 is 3.09 bits per heavy atom. The zero-order valence-electron chi connectivity index (χ0n) is 6.84. The maximum absolute atomic E-state index is 4.44. The molecule has 0 aromatic carbocycles. The molecule has 1 saturated heterocycles. The number of nitrogens with zero attached hydrogens (tertiary/aromatic N) is 2. The molecule has 0 unspecified atom stereocenters. The number of nitrogens with one attached hydrogen (secondary N) is 1. The second-order valence-corrected chi connectivity index (χ2v) is 3.18. The molecule has 3 heteroatoms. The molecule has 0 aliphatic carbocycles. The SMILES string of the molecule is C1CCN2CCCN=C2NC1. The summed E-state index contributed by atoms with van der Waals surface area (Å²) in [5.41, 5.74) is 0.